The van der Waals surface area contributed by atoms with Crippen LogP contribution in [0.3, 0.4) is 0 Å². The van der Waals surface area contributed by atoms with Gasteiger partial charge in [-0.3, -0.25) is 4.79 Å². The fourth-order valence-electron chi connectivity index (χ4n) is 2.51. The van der Waals surface area contributed by atoms with E-state index >= 15 is 0 Å². The Kier molecular flexibility index (Phi) is 2.26. The van der Waals surface area contributed by atoms with Crippen LogP contribution in [-0.4, -0.2) is 25.9 Å². The van der Waals surface area contributed by atoms with E-state index < -0.39 is 5.91 Å². The molecule has 1 aliphatic heterocycles. The normalized spacial score (nSPS) is 19.3. The van der Waals surface area contributed by atoms with Crippen LogP contribution in [-0.2, 0) is 4.79 Å². The van der Waals surface area contributed by atoms with E-state index in [4.69, 9.17) is 0 Å². The monoisotopic (exact) mass is 246 g/mol. The lowest BCUT2D eigenvalue weighted by atomic mass is 9.99. The van der Waals surface area contributed by atoms with Gasteiger partial charge in [-0.05, 0) is 33.1 Å². The van der Waals surface area contributed by atoms with Crippen LogP contribution in [0.25, 0.3) is 0 Å². The molecule has 6 nitrogen and oxygen atoms in total. The Morgan fingerprint density at radius 1 is 1.28 bits per heavy atom. The summed E-state index contributed by atoms with van der Waals surface area (Å²) in [4.78, 5) is 12.2. The minimum atomic E-state index is -0.399. The number of carbonyl (C=O) groups is 1. The first-order valence-electron chi connectivity index (χ1n) is 5.97. The van der Waals surface area contributed by atoms with E-state index in [1.54, 1.807) is 18.5 Å². The summed E-state index contributed by atoms with van der Waals surface area (Å²) in [5.74, 6) is 0.709. The molecular formula is C12H14N4O2. The highest BCUT2D eigenvalue weighted by molar-refractivity contribution is 6.07. The van der Waals surface area contributed by atoms with Crippen LogP contribution >= 0.6 is 0 Å². The maximum Gasteiger partial charge on any atom is 0.312 e. The van der Waals surface area contributed by atoms with Crippen LogP contribution in [0, 0.1) is 13.8 Å². The zero-order chi connectivity index (χ0) is 12.9. The molecule has 0 spiro atoms. The van der Waals surface area contributed by atoms with Crippen molar-refractivity contribution in [3.63, 3.8) is 0 Å². The number of hydrogen-bond donors (Lipinski definition) is 1. The lowest BCUT2D eigenvalue weighted by Gasteiger charge is -2.23. The summed E-state index contributed by atoms with van der Waals surface area (Å²) < 4.78 is 1.64. The number of rotatable bonds is 1. The molecule has 1 amide bonds. The third-order valence-electron chi connectivity index (χ3n) is 3.34. The molecule has 0 bridgehead atoms. The summed E-state index contributed by atoms with van der Waals surface area (Å²) in [6, 6.07) is 0. The molecule has 18 heavy (non-hydrogen) atoms. The number of allylic oxidation sites excluding steroid dienone is 2. The van der Waals surface area contributed by atoms with Gasteiger partial charge in [0, 0.05) is 5.57 Å². The molecule has 2 heterocycles. The van der Waals surface area contributed by atoms with Gasteiger partial charge in [-0.1, -0.05) is 6.08 Å². The zero-order valence-electron chi connectivity index (χ0n) is 10.3. The molecule has 94 valence electrons. The molecule has 1 aliphatic carbocycles. The van der Waals surface area contributed by atoms with Crippen molar-refractivity contribution in [3.05, 3.63) is 34.8 Å². The highest BCUT2D eigenvalue weighted by atomic mass is 16.3. The summed E-state index contributed by atoms with van der Waals surface area (Å²) in [5, 5.41) is 19.3. The Balaban J connectivity index is 2.15. The molecule has 0 saturated carbocycles. The third-order valence-corrected chi connectivity index (χ3v) is 3.34. The number of hydrogen-bond acceptors (Lipinski definition) is 4. The summed E-state index contributed by atoms with van der Waals surface area (Å²) in [7, 11) is 0. The molecule has 3 rings (SSSR count). The van der Waals surface area contributed by atoms with E-state index in [1.807, 2.05) is 6.08 Å². The highest BCUT2D eigenvalue weighted by Gasteiger charge is 2.38. The van der Waals surface area contributed by atoms with Crippen molar-refractivity contribution in [1.29, 1.82) is 0 Å². The lowest BCUT2D eigenvalue weighted by molar-refractivity contribution is -0.117. The van der Waals surface area contributed by atoms with E-state index in [-0.39, 0.29) is 5.76 Å². The van der Waals surface area contributed by atoms with Crippen molar-refractivity contribution in [3.8, 4) is 0 Å². The quantitative estimate of drug-likeness (QED) is 0.809. The van der Waals surface area contributed by atoms with Gasteiger partial charge in [-0.2, -0.15) is 0 Å². The van der Waals surface area contributed by atoms with Crippen molar-refractivity contribution >= 4 is 5.91 Å². The molecule has 1 aromatic heterocycles. The topological polar surface area (TPSA) is 71.2 Å². The zero-order valence-corrected chi connectivity index (χ0v) is 10.3. The number of amides is 1. The highest BCUT2D eigenvalue weighted by Crippen LogP contribution is 2.34. The van der Waals surface area contributed by atoms with Crippen LogP contribution in [0.2, 0.25) is 0 Å². The van der Waals surface area contributed by atoms with Crippen molar-refractivity contribution in [2.75, 3.05) is 5.01 Å². The van der Waals surface area contributed by atoms with Gasteiger partial charge < -0.3 is 5.11 Å². The smallest absolute Gasteiger partial charge is 0.312 e. The summed E-state index contributed by atoms with van der Waals surface area (Å²) in [5.41, 5.74) is 1.51. The van der Waals surface area contributed by atoms with Crippen LogP contribution < -0.4 is 5.01 Å². The molecule has 1 N–H and O–H groups in total. The van der Waals surface area contributed by atoms with Crippen molar-refractivity contribution < 1.29 is 9.90 Å². The van der Waals surface area contributed by atoms with E-state index in [2.05, 4.69) is 10.2 Å². The van der Waals surface area contributed by atoms with Crippen LogP contribution in [0.1, 0.15) is 30.9 Å². The SMILES string of the molecule is Cc1nnc(C)n1N1C(=O)C(O)=C2CCCC=C21. The van der Waals surface area contributed by atoms with Gasteiger partial charge >= 0.3 is 5.91 Å². The number of fused-ring (bicyclic) bond motifs is 1. The molecule has 0 radical (unpaired) electrons. The molecule has 0 aromatic carbocycles. The summed E-state index contributed by atoms with van der Waals surface area (Å²) in [6.07, 6.45) is 4.60. The average Bonchev–Trinajstić information content (AvgIpc) is 2.81. The maximum atomic E-state index is 12.2. The lowest BCUT2D eigenvalue weighted by Crippen LogP contribution is -2.38. The van der Waals surface area contributed by atoms with E-state index in [1.165, 1.54) is 5.01 Å². The van der Waals surface area contributed by atoms with Crippen molar-refractivity contribution in [2.45, 2.75) is 33.1 Å². The summed E-state index contributed by atoms with van der Waals surface area (Å²) in [6.45, 7) is 3.57. The number of aromatic nitrogens is 3. The average molecular weight is 246 g/mol. The van der Waals surface area contributed by atoms with E-state index in [0.29, 0.717) is 11.6 Å². The second-order valence-corrected chi connectivity index (χ2v) is 4.53. The number of aliphatic hydroxyl groups is 1. The predicted molar refractivity (Wildman–Crippen MR) is 64.3 cm³/mol. The fourth-order valence-corrected chi connectivity index (χ4v) is 2.51. The minimum absolute atomic E-state index is 0.145. The van der Waals surface area contributed by atoms with E-state index in [0.717, 1.165) is 30.5 Å². The Morgan fingerprint density at radius 3 is 2.61 bits per heavy atom. The Labute approximate surface area is 104 Å². The summed E-state index contributed by atoms with van der Waals surface area (Å²) >= 11 is 0. The van der Waals surface area contributed by atoms with Gasteiger partial charge in [0.25, 0.3) is 0 Å². The molecule has 1 aromatic rings. The van der Waals surface area contributed by atoms with Crippen molar-refractivity contribution in [1.82, 2.24) is 14.9 Å². The van der Waals surface area contributed by atoms with Gasteiger partial charge in [-0.15, -0.1) is 10.2 Å². The largest absolute Gasteiger partial charge is 0.503 e. The van der Waals surface area contributed by atoms with Crippen molar-refractivity contribution in [2.24, 2.45) is 0 Å². The van der Waals surface area contributed by atoms with Gasteiger partial charge in [0.2, 0.25) is 0 Å². The second kappa shape index (κ2) is 3.69. The molecule has 0 fully saturated rings. The minimum Gasteiger partial charge on any atom is -0.503 e. The first-order chi connectivity index (χ1) is 8.61. The standard InChI is InChI=1S/C12H14N4O2/c1-7-13-14-8(2)15(7)16-10-6-4-3-5-9(10)11(17)12(16)18/h6,17H,3-5H2,1-2H3. The predicted octanol–water partition coefficient (Wildman–Crippen LogP) is 1.25. The van der Waals surface area contributed by atoms with Gasteiger partial charge in [0.1, 0.15) is 11.6 Å². The van der Waals surface area contributed by atoms with Crippen LogP contribution in [0.4, 0.5) is 0 Å². The third kappa shape index (κ3) is 1.32. The fraction of sp³-hybridized carbons (Fsp3) is 0.417. The molecule has 0 unspecified atom stereocenters. The Morgan fingerprint density at radius 2 is 1.94 bits per heavy atom. The molecule has 0 atom stereocenters. The second-order valence-electron chi connectivity index (χ2n) is 4.53. The Bertz CT molecular complexity index is 578. The number of aliphatic hydroxyl groups excluding tert-OH is 1. The first-order valence-corrected chi connectivity index (χ1v) is 5.97. The number of nitrogens with zero attached hydrogens (tertiary/aromatic N) is 4. The Hall–Kier alpha value is -2.11. The number of aryl methyl sites for hydroxylation is 2. The molecule has 2 aliphatic rings. The van der Waals surface area contributed by atoms with Crippen LogP contribution in [0.15, 0.2) is 23.1 Å². The van der Waals surface area contributed by atoms with Crippen LogP contribution in [0.5, 0.6) is 0 Å². The van der Waals surface area contributed by atoms with Gasteiger partial charge in [0.15, 0.2) is 5.76 Å². The maximum absolute atomic E-state index is 12.2. The van der Waals surface area contributed by atoms with Gasteiger partial charge in [-0.25, -0.2) is 9.69 Å². The first kappa shape index (κ1) is 11.0. The van der Waals surface area contributed by atoms with E-state index in [9.17, 15) is 9.90 Å². The van der Waals surface area contributed by atoms with Gasteiger partial charge in [0.05, 0.1) is 5.70 Å². The number of carbonyl (C=O) groups excluding carboxylic acids is 1. The molecular weight excluding hydrogens is 232 g/mol. The molecule has 6 heteroatoms. The molecule has 0 saturated heterocycles.